The van der Waals surface area contributed by atoms with E-state index in [4.69, 9.17) is 28.7 Å². The van der Waals surface area contributed by atoms with Crippen molar-refractivity contribution < 1.29 is 28.5 Å². The van der Waals surface area contributed by atoms with Crippen LogP contribution >= 0.6 is 6.72 Å². The first kappa shape index (κ1) is 30.1. The Bertz CT molecular complexity index is 1740. The van der Waals surface area contributed by atoms with E-state index in [1.807, 2.05) is 68.4 Å². The van der Waals surface area contributed by atoms with Gasteiger partial charge in [0.25, 0.3) is 0 Å². The van der Waals surface area contributed by atoms with Crippen molar-refractivity contribution in [2.75, 3.05) is 11.9 Å². The fourth-order valence-corrected chi connectivity index (χ4v) is 6.80. The highest BCUT2D eigenvalue weighted by molar-refractivity contribution is 8.06. The molecule has 0 spiro atoms. The number of anilines is 1. The Labute approximate surface area is 265 Å². The normalized spacial score (nSPS) is 22.8. The minimum Gasteiger partial charge on any atom is -0.351 e. The molecule has 45 heavy (non-hydrogen) atoms. The summed E-state index contributed by atoms with van der Waals surface area (Å²) in [5.41, 5.74) is 3.28. The highest BCUT2D eigenvalue weighted by Gasteiger charge is 2.56. The van der Waals surface area contributed by atoms with E-state index in [1.54, 1.807) is 10.9 Å². The maximum absolute atomic E-state index is 9.68. The van der Waals surface area contributed by atoms with Crippen molar-refractivity contribution in [3.05, 3.63) is 120 Å². The third-order valence-corrected chi connectivity index (χ3v) is 8.89. The van der Waals surface area contributed by atoms with Gasteiger partial charge in [-0.3, -0.25) is 4.57 Å². The monoisotopic (exact) mass is 645 g/mol. The molecule has 232 valence electrons. The van der Waals surface area contributed by atoms with Gasteiger partial charge in [0.2, 0.25) is 0 Å². The fraction of sp³-hybridized carbons (Fsp3) is 0.281. The van der Waals surface area contributed by atoms with Crippen LogP contribution in [0.15, 0.2) is 104 Å². The van der Waals surface area contributed by atoms with Gasteiger partial charge in [-0.2, -0.15) is 0 Å². The number of rotatable bonds is 9. The number of hydrogen-bond donors (Lipinski definition) is 3. The number of nitrogens with zero attached hydrogens (tertiary/aromatic N) is 4. The summed E-state index contributed by atoms with van der Waals surface area (Å²) in [4.78, 5) is 33.4. The second-order valence-corrected chi connectivity index (χ2v) is 14.1. The molecule has 0 unspecified atom stereocenters. The lowest BCUT2D eigenvalue weighted by molar-refractivity contribution is -0.199. The molecular formula is C32H32N5O6PS. The van der Waals surface area contributed by atoms with Crippen molar-refractivity contribution in [3.63, 3.8) is 0 Å². The van der Waals surface area contributed by atoms with E-state index in [0.29, 0.717) is 17.0 Å². The number of imidazole rings is 1. The van der Waals surface area contributed by atoms with E-state index in [0.717, 1.165) is 16.7 Å². The van der Waals surface area contributed by atoms with Crippen molar-refractivity contribution in [1.82, 2.24) is 19.5 Å². The van der Waals surface area contributed by atoms with Crippen molar-refractivity contribution in [3.8, 4) is 0 Å². The minimum absolute atomic E-state index is 0.177. The van der Waals surface area contributed by atoms with Crippen LogP contribution in [0, 0.1) is 0 Å². The maximum Gasteiger partial charge on any atom is 0.321 e. The van der Waals surface area contributed by atoms with Gasteiger partial charge in [0.15, 0.2) is 29.0 Å². The van der Waals surface area contributed by atoms with Gasteiger partial charge in [-0.05, 0) is 42.3 Å². The van der Waals surface area contributed by atoms with Crippen LogP contribution in [0.3, 0.4) is 0 Å². The Morgan fingerprint density at radius 1 is 0.867 bits per heavy atom. The summed E-state index contributed by atoms with van der Waals surface area (Å²) in [7, 11) is 0. The van der Waals surface area contributed by atoms with Crippen LogP contribution in [0.1, 0.15) is 36.8 Å². The van der Waals surface area contributed by atoms with E-state index in [2.05, 4.69) is 58.5 Å². The van der Waals surface area contributed by atoms with E-state index in [9.17, 15) is 9.79 Å². The summed E-state index contributed by atoms with van der Waals surface area (Å²) >= 11 is 4.65. The van der Waals surface area contributed by atoms with Crippen LogP contribution in [0.4, 0.5) is 5.82 Å². The lowest BCUT2D eigenvalue weighted by Gasteiger charge is -2.37. The SMILES string of the molecule is CC1(C)O[C@@H]2[C@H](O1)[C@@H](COP(O)(O)=S)O[C@H]2n1cnc2c(NC(c3ccccc3)(c3ccccc3)c3ccccc3)ncnc21. The molecule has 0 bridgehead atoms. The largest absolute Gasteiger partial charge is 0.351 e. The summed E-state index contributed by atoms with van der Waals surface area (Å²) in [6.45, 7) is -0.447. The Kier molecular flexibility index (Phi) is 7.79. The number of fused-ring (bicyclic) bond motifs is 2. The number of ether oxygens (including phenoxy) is 3. The van der Waals surface area contributed by atoms with E-state index < -0.39 is 42.6 Å². The third kappa shape index (κ3) is 5.69. The molecule has 13 heteroatoms. The number of benzene rings is 3. The lowest BCUT2D eigenvalue weighted by atomic mass is 9.77. The highest BCUT2D eigenvalue weighted by atomic mass is 32.5. The highest BCUT2D eigenvalue weighted by Crippen LogP contribution is 2.46. The minimum atomic E-state index is -3.90. The predicted octanol–water partition coefficient (Wildman–Crippen LogP) is 4.87. The van der Waals surface area contributed by atoms with Crippen LogP contribution in [-0.4, -0.2) is 60.0 Å². The Hall–Kier alpha value is -3.58. The van der Waals surface area contributed by atoms with Gasteiger partial charge >= 0.3 is 6.72 Å². The first-order chi connectivity index (χ1) is 21.6. The first-order valence-electron chi connectivity index (χ1n) is 14.5. The topological polar surface area (TPSA) is 133 Å². The van der Waals surface area contributed by atoms with Crippen LogP contribution in [0.2, 0.25) is 0 Å². The van der Waals surface area contributed by atoms with E-state index in [1.165, 1.54) is 6.33 Å². The van der Waals surface area contributed by atoms with Crippen molar-refractivity contribution in [1.29, 1.82) is 0 Å². The molecule has 0 saturated carbocycles. The molecule has 3 N–H and O–H groups in total. The van der Waals surface area contributed by atoms with Gasteiger partial charge in [-0.15, -0.1) is 0 Å². The lowest BCUT2D eigenvalue weighted by Crippen LogP contribution is -2.38. The zero-order chi connectivity index (χ0) is 31.2. The third-order valence-electron chi connectivity index (χ3n) is 8.09. The molecule has 0 amide bonds. The summed E-state index contributed by atoms with van der Waals surface area (Å²) in [5.74, 6) is -0.373. The van der Waals surface area contributed by atoms with Crippen molar-refractivity contribution >= 4 is 35.5 Å². The molecule has 3 aromatic carbocycles. The molecule has 2 aromatic heterocycles. The van der Waals surface area contributed by atoms with E-state index in [-0.39, 0.29) is 6.61 Å². The quantitative estimate of drug-likeness (QED) is 0.150. The molecule has 4 atom stereocenters. The van der Waals surface area contributed by atoms with Gasteiger partial charge in [0, 0.05) is 0 Å². The smallest absolute Gasteiger partial charge is 0.321 e. The van der Waals surface area contributed by atoms with Gasteiger partial charge in [-0.25, -0.2) is 15.0 Å². The van der Waals surface area contributed by atoms with Gasteiger partial charge in [0.05, 0.1) is 12.9 Å². The van der Waals surface area contributed by atoms with Crippen LogP contribution in [0.25, 0.3) is 11.2 Å². The summed E-state index contributed by atoms with van der Waals surface area (Å²) in [5, 5.41) is 3.79. The Balaban J connectivity index is 1.32. The molecule has 4 heterocycles. The number of nitrogens with one attached hydrogen (secondary N) is 1. The molecule has 2 aliphatic rings. The van der Waals surface area contributed by atoms with Gasteiger partial charge < -0.3 is 33.8 Å². The number of hydrogen-bond acceptors (Lipinski definition) is 9. The molecule has 2 saturated heterocycles. The number of aromatic nitrogens is 4. The standard InChI is InChI=1S/C32H32N5O6PS/c1-31(2)42-26-24(18-40-44(38,39)45)41-30(27(26)43-31)37-20-35-25-28(33-19-34-29(25)37)36-32(21-12-6-3-7-13-21,22-14-8-4-9-15-22)23-16-10-5-11-17-23/h3-17,19-20,24,26-27,30H,18H2,1-2H3,(H,33,34,36)(H2,38,39,45)/t24-,26-,27-,30-/m1/s1. The molecular weight excluding hydrogens is 613 g/mol. The fourth-order valence-electron chi connectivity index (χ4n) is 6.28. The van der Waals surface area contributed by atoms with Crippen molar-refractivity contribution in [2.24, 2.45) is 0 Å². The maximum atomic E-state index is 9.68. The Morgan fingerprint density at radius 3 is 1.98 bits per heavy atom. The Morgan fingerprint density at radius 2 is 1.42 bits per heavy atom. The van der Waals surface area contributed by atoms with Crippen LogP contribution in [0.5, 0.6) is 0 Å². The molecule has 2 fully saturated rings. The average molecular weight is 646 g/mol. The predicted molar refractivity (Wildman–Crippen MR) is 171 cm³/mol. The average Bonchev–Trinajstić information content (AvgIpc) is 3.70. The van der Waals surface area contributed by atoms with E-state index >= 15 is 0 Å². The molecule has 5 aromatic rings. The molecule has 11 nitrogen and oxygen atoms in total. The van der Waals surface area contributed by atoms with Crippen LogP contribution in [-0.2, 0) is 36.1 Å². The van der Waals surface area contributed by atoms with Gasteiger partial charge in [0.1, 0.15) is 30.2 Å². The first-order valence-corrected chi connectivity index (χ1v) is 17.1. The second kappa shape index (κ2) is 11.7. The zero-order valence-corrected chi connectivity index (χ0v) is 26.2. The van der Waals surface area contributed by atoms with Gasteiger partial charge in [-0.1, -0.05) is 91.0 Å². The molecule has 0 aliphatic carbocycles. The summed E-state index contributed by atoms with van der Waals surface area (Å²) in [6, 6.07) is 30.7. The zero-order valence-electron chi connectivity index (χ0n) is 24.5. The summed E-state index contributed by atoms with van der Waals surface area (Å²) in [6.07, 6.45) is 0.653. The molecule has 2 aliphatic heterocycles. The molecule has 7 rings (SSSR count). The van der Waals surface area contributed by atoms with Crippen molar-refractivity contribution in [2.45, 2.75) is 49.7 Å². The van der Waals surface area contributed by atoms with Crippen LogP contribution < -0.4 is 5.32 Å². The second-order valence-electron chi connectivity index (χ2n) is 11.4. The summed E-state index contributed by atoms with van der Waals surface area (Å²) < 4.78 is 25.7. The molecule has 0 radical (unpaired) electrons.